The average Bonchev–Trinajstić information content (AvgIpc) is 3.04. The van der Waals surface area contributed by atoms with Crippen molar-refractivity contribution in [2.45, 2.75) is 17.5 Å². The van der Waals surface area contributed by atoms with Crippen LogP contribution in [0.1, 0.15) is 21.5 Å². The summed E-state index contributed by atoms with van der Waals surface area (Å²) in [6.45, 7) is 0.407. The average molecular weight is 372 g/mol. The van der Waals surface area contributed by atoms with E-state index in [4.69, 9.17) is 11.6 Å². The van der Waals surface area contributed by atoms with E-state index in [0.29, 0.717) is 17.1 Å². The van der Waals surface area contributed by atoms with Crippen molar-refractivity contribution >= 4 is 29.3 Å². The molecule has 1 amide bonds. The standard InChI is InChI=1S/C19H18ClN3OS/c1-23-10-9-21-19(23)25-13-14-5-4-7-15(11-14)18(24)22-12-16-6-2-3-8-17(16)20/h2-11H,12-13H2,1H3,(H,22,24). The van der Waals surface area contributed by atoms with Crippen molar-refractivity contribution in [2.75, 3.05) is 0 Å². The largest absolute Gasteiger partial charge is 0.348 e. The van der Waals surface area contributed by atoms with Crippen LogP contribution < -0.4 is 5.32 Å². The summed E-state index contributed by atoms with van der Waals surface area (Å²) >= 11 is 7.76. The van der Waals surface area contributed by atoms with E-state index in [1.165, 1.54) is 0 Å². The Morgan fingerprint density at radius 2 is 2.08 bits per heavy atom. The molecule has 0 spiro atoms. The third kappa shape index (κ3) is 4.65. The monoisotopic (exact) mass is 371 g/mol. The van der Waals surface area contributed by atoms with Gasteiger partial charge in [-0.05, 0) is 29.3 Å². The second-order valence-corrected chi connectivity index (χ2v) is 6.93. The molecular formula is C19H18ClN3OS. The summed E-state index contributed by atoms with van der Waals surface area (Å²) < 4.78 is 1.98. The normalized spacial score (nSPS) is 10.6. The van der Waals surface area contributed by atoms with Crippen LogP contribution in [0.4, 0.5) is 0 Å². The highest BCUT2D eigenvalue weighted by atomic mass is 35.5. The number of carbonyl (C=O) groups excluding carboxylic acids is 1. The van der Waals surface area contributed by atoms with Gasteiger partial charge in [-0.25, -0.2) is 4.98 Å². The van der Waals surface area contributed by atoms with Gasteiger partial charge >= 0.3 is 0 Å². The van der Waals surface area contributed by atoms with Crippen LogP contribution in [0.3, 0.4) is 0 Å². The second-order valence-electron chi connectivity index (χ2n) is 5.58. The van der Waals surface area contributed by atoms with Crippen molar-refractivity contribution in [3.8, 4) is 0 Å². The third-order valence-electron chi connectivity index (χ3n) is 3.73. The van der Waals surface area contributed by atoms with E-state index in [0.717, 1.165) is 22.0 Å². The lowest BCUT2D eigenvalue weighted by Gasteiger charge is -2.08. The SMILES string of the molecule is Cn1ccnc1SCc1cccc(C(=O)NCc2ccccc2Cl)c1. The molecule has 0 aliphatic carbocycles. The zero-order valence-corrected chi connectivity index (χ0v) is 15.3. The summed E-state index contributed by atoms with van der Waals surface area (Å²) in [5, 5.41) is 4.52. The molecule has 0 aliphatic heterocycles. The molecule has 0 fully saturated rings. The van der Waals surface area contributed by atoms with Crippen molar-refractivity contribution in [3.05, 3.63) is 82.6 Å². The van der Waals surface area contributed by atoms with Gasteiger partial charge in [-0.3, -0.25) is 4.79 Å². The molecule has 6 heteroatoms. The zero-order chi connectivity index (χ0) is 17.6. The first-order valence-corrected chi connectivity index (χ1v) is 9.20. The Morgan fingerprint density at radius 3 is 2.84 bits per heavy atom. The first kappa shape index (κ1) is 17.6. The number of imidazole rings is 1. The molecule has 0 radical (unpaired) electrons. The highest BCUT2D eigenvalue weighted by Gasteiger charge is 2.08. The number of hydrogen-bond donors (Lipinski definition) is 1. The van der Waals surface area contributed by atoms with Crippen molar-refractivity contribution < 1.29 is 4.79 Å². The highest BCUT2D eigenvalue weighted by molar-refractivity contribution is 7.98. The Morgan fingerprint density at radius 1 is 1.24 bits per heavy atom. The van der Waals surface area contributed by atoms with Crippen LogP contribution in [0.15, 0.2) is 66.1 Å². The molecule has 1 heterocycles. The number of thioether (sulfide) groups is 1. The number of aryl methyl sites for hydroxylation is 1. The number of nitrogens with one attached hydrogen (secondary N) is 1. The lowest BCUT2D eigenvalue weighted by Crippen LogP contribution is -2.23. The van der Waals surface area contributed by atoms with Crippen LogP contribution in [0.5, 0.6) is 0 Å². The first-order chi connectivity index (χ1) is 12.1. The highest BCUT2D eigenvalue weighted by Crippen LogP contribution is 2.21. The number of nitrogens with zero attached hydrogens (tertiary/aromatic N) is 2. The number of aromatic nitrogens is 2. The van der Waals surface area contributed by atoms with Gasteiger partial charge in [-0.15, -0.1) is 0 Å². The number of halogens is 1. The maximum absolute atomic E-state index is 12.4. The molecule has 25 heavy (non-hydrogen) atoms. The summed E-state index contributed by atoms with van der Waals surface area (Å²) in [6, 6.07) is 15.1. The minimum absolute atomic E-state index is 0.108. The Balaban J connectivity index is 1.61. The van der Waals surface area contributed by atoms with E-state index >= 15 is 0 Å². The molecule has 2 aromatic carbocycles. The van der Waals surface area contributed by atoms with Crippen molar-refractivity contribution in [1.29, 1.82) is 0 Å². The quantitative estimate of drug-likeness (QED) is 0.657. The van der Waals surface area contributed by atoms with Gasteiger partial charge in [-0.1, -0.05) is 53.7 Å². The van der Waals surface area contributed by atoms with Gasteiger partial charge in [0.2, 0.25) is 0 Å². The Hall–Kier alpha value is -2.24. The van der Waals surface area contributed by atoms with Gasteiger partial charge in [0.05, 0.1) is 0 Å². The molecular weight excluding hydrogens is 354 g/mol. The molecule has 4 nitrogen and oxygen atoms in total. The molecule has 0 aliphatic rings. The van der Waals surface area contributed by atoms with Gasteiger partial charge in [0.25, 0.3) is 5.91 Å². The summed E-state index contributed by atoms with van der Waals surface area (Å²) in [5.74, 6) is 0.653. The smallest absolute Gasteiger partial charge is 0.251 e. The topological polar surface area (TPSA) is 46.9 Å². The zero-order valence-electron chi connectivity index (χ0n) is 13.8. The van der Waals surface area contributed by atoms with Gasteiger partial charge < -0.3 is 9.88 Å². The third-order valence-corrected chi connectivity index (χ3v) is 5.23. The van der Waals surface area contributed by atoms with Gasteiger partial charge in [-0.2, -0.15) is 0 Å². The number of hydrogen-bond acceptors (Lipinski definition) is 3. The Bertz CT molecular complexity index is 878. The minimum atomic E-state index is -0.108. The molecule has 0 saturated carbocycles. The lowest BCUT2D eigenvalue weighted by atomic mass is 10.1. The molecule has 0 atom stereocenters. The summed E-state index contributed by atoms with van der Waals surface area (Å²) in [7, 11) is 1.97. The molecule has 1 N–H and O–H groups in total. The maximum Gasteiger partial charge on any atom is 0.251 e. The Labute approximate surface area is 156 Å². The predicted octanol–water partition coefficient (Wildman–Crippen LogP) is 4.30. The summed E-state index contributed by atoms with van der Waals surface area (Å²) in [4.78, 5) is 16.7. The fourth-order valence-corrected chi connectivity index (χ4v) is 3.44. The molecule has 1 aromatic heterocycles. The fraction of sp³-hybridized carbons (Fsp3) is 0.158. The molecule has 3 aromatic rings. The van der Waals surface area contributed by atoms with Crippen LogP contribution >= 0.6 is 23.4 Å². The van der Waals surface area contributed by atoms with E-state index < -0.39 is 0 Å². The maximum atomic E-state index is 12.4. The molecule has 128 valence electrons. The van der Waals surface area contributed by atoms with E-state index in [9.17, 15) is 4.79 Å². The van der Waals surface area contributed by atoms with Crippen LogP contribution in [0.25, 0.3) is 0 Å². The molecule has 0 saturated heterocycles. The second kappa shape index (κ2) is 8.23. The van der Waals surface area contributed by atoms with Gasteiger partial charge in [0.15, 0.2) is 5.16 Å². The van der Waals surface area contributed by atoms with E-state index in [-0.39, 0.29) is 5.91 Å². The van der Waals surface area contributed by atoms with Crippen LogP contribution in [0, 0.1) is 0 Å². The lowest BCUT2D eigenvalue weighted by molar-refractivity contribution is 0.0951. The molecule has 3 rings (SSSR count). The van der Waals surface area contributed by atoms with Crippen molar-refractivity contribution in [2.24, 2.45) is 7.05 Å². The number of rotatable bonds is 6. The van der Waals surface area contributed by atoms with E-state index in [2.05, 4.69) is 10.3 Å². The molecule has 0 bridgehead atoms. The van der Waals surface area contributed by atoms with Crippen LogP contribution in [-0.4, -0.2) is 15.5 Å². The minimum Gasteiger partial charge on any atom is -0.348 e. The van der Waals surface area contributed by atoms with Crippen LogP contribution in [-0.2, 0) is 19.3 Å². The fourth-order valence-electron chi connectivity index (χ4n) is 2.36. The molecule has 0 unspecified atom stereocenters. The van der Waals surface area contributed by atoms with Gasteiger partial charge in [0, 0.05) is 42.3 Å². The number of carbonyl (C=O) groups is 1. The van der Waals surface area contributed by atoms with Crippen molar-refractivity contribution in [1.82, 2.24) is 14.9 Å². The van der Waals surface area contributed by atoms with E-state index in [1.807, 2.05) is 66.3 Å². The summed E-state index contributed by atoms with van der Waals surface area (Å²) in [5.41, 5.74) is 2.63. The van der Waals surface area contributed by atoms with Crippen LogP contribution in [0.2, 0.25) is 5.02 Å². The number of benzene rings is 2. The number of amides is 1. The van der Waals surface area contributed by atoms with Crippen molar-refractivity contribution in [3.63, 3.8) is 0 Å². The van der Waals surface area contributed by atoms with E-state index in [1.54, 1.807) is 18.0 Å². The summed E-state index contributed by atoms with van der Waals surface area (Å²) in [6.07, 6.45) is 3.70. The Kier molecular flexibility index (Phi) is 5.79. The van der Waals surface area contributed by atoms with Gasteiger partial charge in [0.1, 0.15) is 0 Å². The predicted molar refractivity (Wildman–Crippen MR) is 102 cm³/mol. The first-order valence-electron chi connectivity index (χ1n) is 7.84.